The molecule has 0 saturated heterocycles. The number of hydrazine groups is 1. The predicted molar refractivity (Wildman–Crippen MR) is 134 cm³/mol. The van der Waals surface area contributed by atoms with Crippen LogP contribution in [0.1, 0.15) is 60.2 Å². The molecule has 0 spiro atoms. The van der Waals surface area contributed by atoms with Gasteiger partial charge in [0, 0.05) is 37.9 Å². The Balaban J connectivity index is 1.76. The average Bonchev–Trinajstić information content (AvgIpc) is 3.24. The van der Waals surface area contributed by atoms with Gasteiger partial charge in [-0.1, -0.05) is 38.0 Å². The quantitative estimate of drug-likeness (QED) is 0.389. The Morgan fingerprint density at radius 3 is 2.49 bits per heavy atom. The van der Waals surface area contributed by atoms with Crippen LogP contribution in [0.3, 0.4) is 0 Å². The lowest BCUT2D eigenvalue weighted by Crippen LogP contribution is -2.48. The number of hydrogen-bond donors (Lipinski definition) is 1. The lowest BCUT2D eigenvalue weighted by atomic mass is 10.1. The average molecular weight is 483 g/mol. The van der Waals surface area contributed by atoms with Gasteiger partial charge >= 0.3 is 0 Å². The van der Waals surface area contributed by atoms with Crippen molar-refractivity contribution < 1.29 is 18.8 Å². The van der Waals surface area contributed by atoms with Crippen LogP contribution in [0.2, 0.25) is 0 Å². The summed E-state index contributed by atoms with van der Waals surface area (Å²) in [5.41, 5.74) is 3.91. The van der Waals surface area contributed by atoms with E-state index < -0.39 is 0 Å². The molecule has 188 valence electrons. The van der Waals surface area contributed by atoms with Crippen molar-refractivity contribution in [2.75, 3.05) is 31.6 Å². The van der Waals surface area contributed by atoms with Gasteiger partial charge in [-0.3, -0.25) is 19.4 Å². The second-order valence-corrected chi connectivity index (χ2v) is 9.12. The molecular formula is C27H35FN4O3. The maximum atomic E-state index is 13.6. The first kappa shape index (κ1) is 26.3. The molecule has 3 rings (SSSR count). The molecule has 0 saturated carbocycles. The Morgan fingerprint density at radius 1 is 1.03 bits per heavy atom. The van der Waals surface area contributed by atoms with E-state index in [0.29, 0.717) is 30.9 Å². The highest BCUT2D eigenvalue weighted by atomic mass is 19.1. The molecule has 2 amide bonds. The molecule has 1 N–H and O–H groups in total. The van der Waals surface area contributed by atoms with Crippen molar-refractivity contribution in [3.8, 4) is 0 Å². The van der Waals surface area contributed by atoms with Gasteiger partial charge in [0.05, 0.1) is 13.1 Å². The fraction of sp³-hybridized carbons (Fsp3) is 0.444. The highest BCUT2D eigenvalue weighted by Crippen LogP contribution is 2.26. The molecule has 1 aliphatic heterocycles. The Bertz CT molecular complexity index is 1090. The van der Waals surface area contributed by atoms with E-state index in [9.17, 15) is 18.8 Å². The first-order chi connectivity index (χ1) is 16.7. The maximum absolute atomic E-state index is 13.6. The Hall–Kier alpha value is -3.26. The van der Waals surface area contributed by atoms with Crippen LogP contribution in [0.15, 0.2) is 36.4 Å². The molecule has 0 aliphatic carbocycles. The first-order valence-corrected chi connectivity index (χ1v) is 12.1. The zero-order valence-corrected chi connectivity index (χ0v) is 21.1. The van der Waals surface area contributed by atoms with Crippen LogP contribution >= 0.6 is 0 Å². The topological polar surface area (TPSA) is 73.0 Å². The van der Waals surface area contributed by atoms with E-state index in [4.69, 9.17) is 0 Å². The lowest BCUT2D eigenvalue weighted by molar-refractivity contribution is -0.145. The summed E-state index contributed by atoms with van der Waals surface area (Å²) in [4.78, 5) is 39.7. The lowest BCUT2D eigenvalue weighted by Gasteiger charge is -2.32. The van der Waals surface area contributed by atoms with Gasteiger partial charge in [0.2, 0.25) is 5.91 Å². The molecular weight excluding hydrogens is 447 g/mol. The molecule has 35 heavy (non-hydrogen) atoms. The molecule has 2 aromatic carbocycles. The number of ketones is 1. The van der Waals surface area contributed by atoms with Crippen LogP contribution in [0, 0.1) is 12.7 Å². The molecule has 0 radical (unpaired) electrons. The minimum atomic E-state index is -0.295. The molecule has 0 bridgehead atoms. The van der Waals surface area contributed by atoms with Gasteiger partial charge in [-0.2, -0.15) is 0 Å². The van der Waals surface area contributed by atoms with E-state index in [-0.39, 0.29) is 36.5 Å². The number of aryl methyl sites for hydroxylation is 1. The summed E-state index contributed by atoms with van der Waals surface area (Å²) in [7, 11) is 1.69. The van der Waals surface area contributed by atoms with Crippen LogP contribution < -0.4 is 10.2 Å². The third-order valence-electron chi connectivity index (χ3n) is 6.38. The predicted octanol–water partition coefficient (Wildman–Crippen LogP) is 3.84. The number of nitrogens with one attached hydrogen (secondary N) is 1. The maximum Gasteiger partial charge on any atom is 0.256 e. The summed E-state index contributed by atoms with van der Waals surface area (Å²) < 4.78 is 13.6. The van der Waals surface area contributed by atoms with Crippen molar-refractivity contribution in [3.63, 3.8) is 0 Å². The van der Waals surface area contributed by atoms with E-state index >= 15 is 0 Å². The molecule has 7 nitrogen and oxygen atoms in total. The third-order valence-corrected chi connectivity index (χ3v) is 6.38. The van der Waals surface area contributed by atoms with E-state index in [0.717, 1.165) is 36.0 Å². The molecule has 8 heteroatoms. The number of nitrogens with zero attached hydrogens (tertiary/aromatic N) is 3. The van der Waals surface area contributed by atoms with Crippen molar-refractivity contribution in [2.24, 2.45) is 0 Å². The monoisotopic (exact) mass is 482 g/mol. The van der Waals surface area contributed by atoms with Crippen LogP contribution in [0.25, 0.3) is 0 Å². The summed E-state index contributed by atoms with van der Waals surface area (Å²) in [6.45, 7) is 6.98. The van der Waals surface area contributed by atoms with Crippen molar-refractivity contribution >= 4 is 23.3 Å². The minimum absolute atomic E-state index is 0.000655. The van der Waals surface area contributed by atoms with E-state index in [1.165, 1.54) is 24.1 Å². The largest absolute Gasteiger partial charge is 0.355 e. The van der Waals surface area contributed by atoms with Crippen LogP contribution in [0.4, 0.5) is 10.1 Å². The summed E-state index contributed by atoms with van der Waals surface area (Å²) in [6, 6.07) is 9.99. The highest BCUT2D eigenvalue weighted by molar-refractivity contribution is 5.96. The van der Waals surface area contributed by atoms with Crippen molar-refractivity contribution in [3.05, 3.63) is 64.5 Å². The number of fused-ring (bicyclic) bond motifs is 1. The Morgan fingerprint density at radius 2 is 1.77 bits per heavy atom. The third kappa shape index (κ3) is 6.88. The van der Waals surface area contributed by atoms with Gasteiger partial charge in [-0.05, 0) is 55.2 Å². The van der Waals surface area contributed by atoms with Gasteiger partial charge < -0.3 is 10.2 Å². The number of halogens is 1. The van der Waals surface area contributed by atoms with E-state index in [1.54, 1.807) is 30.1 Å². The second-order valence-electron chi connectivity index (χ2n) is 9.12. The molecule has 2 aromatic rings. The van der Waals surface area contributed by atoms with Gasteiger partial charge in [-0.15, -0.1) is 0 Å². The molecule has 1 aliphatic rings. The van der Waals surface area contributed by atoms with Crippen LogP contribution in [0.5, 0.6) is 0 Å². The number of amides is 2. The molecule has 0 fully saturated rings. The first-order valence-electron chi connectivity index (χ1n) is 12.1. The zero-order chi connectivity index (χ0) is 25.5. The number of Topliss-reactive ketones (excluding diaryl/α,β-unsaturated/α-hetero) is 1. The number of hydrogen-bond acceptors (Lipinski definition) is 5. The van der Waals surface area contributed by atoms with Crippen molar-refractivity contribution in [2.45, 2.75) is 53.1 Å². The fourth-order valence-electron chi connectivity index (χ4n) is 4.21. The number of likely N-dealkylation sites (N-methyl/N-ethyl adjacent to an activating group) is 1. The van der Waals surface area contributed by atoms with Crippen molar-refractivity contribution in [1.29, 1.82) is 0 Å². The van der Waals surface area contributed by atoms with Crippen LogP contribution in [-0.2, 0) is 22.7 Å². The molecule has 1 heterocycles. The summed E-state index contributed by atoms with van der Waals surface area (Å²) in [5, 5.41) is 6.32. The normalized spacial score (nSPS) is 12.8. The number of rotatable bonds is 11. The SMILES string of the molecule is CCCCCNC(=O)CN(CC(=O)N(C)N1Cc2ccc(F)cc2C1)c1cc(C(C)=O)ccc1C. The number of carbonyl (C=O) groups excluding carboxylic acids is 3. The second kappa shape index (κ2) is 11.9. The van der Waals surface area contributed by atoms with Crippen molar-refractivity contribution in [1.82, 2.24) is 15.3 Å². The molecule has 0 unspecified atom stereocenters. The van der Waals surface area contributed by atoms with Gasteiger partial charge in [0.1, 0.15) is 5.82 Å². The number of carbonyl (C=O) groups is 3. The number of benzene rings is 2. The smallest absolute Gasteiger partial charge is 0.256 e. The zero-order valence-electron chi connectivity index (χ0n) is 21.1. The van der Waals surface area contributed by atoms with Gasteiger partial charge in [-0.25, -0.2) is 9.40 Å². The molecule has 0 aromatic heterocycles. The van der Waals surface area contributed by atoms with E-state index in [1.807, 2.05) is 18.0 Å². The fourth-order valence-corrected chi connectivity index (χ4v) is 4.21. The molecule has 0 atom stereocenters. The van der Waals surface area contributed by atoms with Crippen LogP contribution in [-0.4, -0.2) is 54.3 Å². The Labute approximate surface area is 206 Å². The number of unbranched alkanes of at least 4 members (excludes halogenated alkanes) is 2. The number of anilines is 1. The summed E-state index contributed by atoms with van der Waals surface area (Å²) in [6.07, 6.45) is 3.00. The van der Waals surface area contributed by atoms with Gasteiger partial charge in [0.15, 0.2) is 5.78 Å². The summed E-state index contributed by atoms with van der Waals surface area (Å²) in [5.74, 6) is -0.754. The standard InChI is InChI=1S/C27H35FN4O3/c1-5-6-7-12-29-26(34)17-31(25-14-21(20(3)33)9-8-19(25)2)18-27(35)30(4)32-15-22-10-11-24(28)13-23(22)16-32/h8-11,13-14H,5-7,12,15-18H2,1-4H3,(H,29,34). The van der Waals surface area contributed by atoms with Gasteiger partial charge in [0.25, 0.3) is 5.91 Å². The summed E-state index contributed by atoms with van der Waals surface area (Å²) >= 11 is 0. The van der Waals surface area contributed by atoms with E-state index in [2.05, 4.69) is 12.2 Å². The highest BCUT2D eigenvalue weighted by Gasteiger charge is 2.27. The minimum Gasteiger partial charge on any atom is -0.355 e. The Kier molecular flexibility index (Phi) is 8.98.